The molecule has 4 saturated heterocycles. The number of carboxylic acid groups (broad SMARTS) is 1. The number of carbonyl (C=O) groups excluding carboxylic acids is 5. The second-order valence-corrected chi connectivity index (χ2v) is 11.4. The van der Waals surface area contributed by atoms with Crippen LogP contribution in [0.1, 0.15) is 71.6 Å². The fraction of sp³-hybridized carbons (Fsp3) is 0.778. The third-order valence-corrected chi connectivity index (χ3v) is 8.66. The SMILES string of the molecule is CC[C@H](C)[C@@H]1NC(=O)[C@@H]2CCCCN2C(=O)[C@@H]2CCCN2C(=O)C[C@@H](C(=O)O)NC(=O)[C@@H]2C[C@H](CCN2)OC1=O. The number of fused-ring (bicyclic) bond motifs is 4. The molecule has 2 bridgehead atoms. The maximum atomic E-state index is 13.7. The molecule has 4 heterocycles. The van der Waals surface area contributed by atoms with E-state index in [0.29, 0.717) is 51.6 Å². The molecule has 0 aliphatic carbocycles. The Balaban J connectivity index is 1.66. The summed E-state index contributed by atoms with van der Waals surface area (Å²) in [7, 11) is 0. The summed E-state index contributed by atoms with van der Waals surface area (Å²) in [6, 6.07) is -4.84. The zero-order valence-electron chi connectivity index (χ0n) is 23.2. The highest BCUT2D eigenvalue weighted by atomic mass is 16.5. The van der Waals surface area contributed by atoms with Gasteiger partial charge in [0.05, 0.1) is 12.5 Å². The lowest BCUT2D eigenvalue weighted by Crippen LogP contribution is -2.60. The van der Waals surface area contributed by atoms with Crippen molar-refractivity contribution in [1.29, 1.82) is 0 Å². The van der Waals surface area contributed by atoms with Crippen LogP contribution in [0.5, 0.6) is 0 Å². The van der Waals surface area contributed by atoms with E-state index in [1.165, 1.54) is 9.80 Å². The van der Waals surface area contributed by atoms with Crippen LogP contribution >= 0.6 is 0 Å². The molecule has 4 amide bonds. The molecule has 0 unspecified atom stereocenters. The number of esters is 1. The van der Waals surface area contributed by atoms with Crippen LogP contribution in [0.4, 0.5) is 0 Å². The summed E-state index contributed by atoms with van der Waals surface area (Å²) in [5, 5.41) is 18.1. The number of rotatable bonds is 3. The number of hydrogen-bond acceptors (Lipinski definition) is 8. The fourth-order valence-electron chi connectivity index (χ4n) is 6.09. The molecule has 222 valence electrons. The van der Waals surface area contributed by atoms with Crippen LogP contribution in [-0.2, 0) is 33.5 Å². The lowest BCUT2D eigenvalue weighted by Gasteiger charge is -2.39. The lowest BCUT2D eigenvalue weighted by molar-refractivity contribution is -0.158. The van der Waals surface area contributed by atoms with Crippen LogP contribution in [0.25, 0.3) is 0 Å². The Hall–Kier alpha value is -3.22. The second-order valence-electron chi connectivity index (χ2n) is 11.4. The van der Waals surface area contributed by atoms with Crippen LogP contribution in [0.2, 0.25) is 0 Å². The standard InChI is InChI=1S/C27H41N5O8/c1-3-15(2)22-27(39)40-16-9-10-28-17(13-16)23(34)29-18(26(37)38)14-21(33)31-12-6-8-20(31)25(36)32-11-5-4-7-19(32)24(35)30-22/h15-20,22,28H,3-14H2,1-2H3,(H,29,34)(H,30,35)(H,37,38)/t15-,16-,17-,18-,19-,20-,22-/m0/s1. The quantitative estimate of drug-likeness (QED) is 0.331. The first-order chi connectivity index (χ1) is 19.1. The minimum absolute atomic E-state index is 0.123. The topological polar surface area (TPSA) is 174 Å². The van der Waals surface area contributed by atoms with E-state index in [1.54, 1.807) is 0 Å². The van der Waals surface area contributed by atoms with Gasteiger partial charge in [-0.05, 0) is 51.0 Å². The molecule has 0 aromatic heterocycles. The Morgan fingerprint density at radius 3 is 2.42 bits per heavy atom. The highest BCUT2D eigenvalue weighted by Gasteiger charge is 2.43. The number of carbonyl (C=O) groups is 6. The van der Waals surface area contributed by atoms with Gasteiger partial charge in [-0.2, -0.15) is 0 Å². The van der Waals surface area contributed by atoms with Gasteiger partial charge in [-0.3, -0.25) is 19.2 Å². The molecule has 13 heteroatoms. The summed E-state index contributed by atoms with van der Waals surface area (Å²) in [6.07, 6.45) is 2.88. The Labute approximate surface area is 233 Å². The van der Waals surface area contributed by atoms with E-state index < -0.39 is 72.4 Å². The molecule has 0 aromatic carbocycles. The largest absolute Gasteiger partial charge is 0.480 e. The summed E-state index contributed by atoms with van der Waals surface area (Å²) in [6.45, 7) is 4.74. The molecule has 4 fully saturated rings. The number of ether oxygens (including phenoxy) is 1. The predicted octanol–water partition coefficient (Wildman–Crippen LogP) is -0.474. The van der Waals surface area contributed by atoms with Gasteiger partial charge in [0.15, 0.2) is 0 Å². The Bertz CT molecular complexity index is 1020. The fourth-order valence-corrected chi connectivity index (χ4v) is 6.09. The summed E-state index contributed by atoms with van der Waals surface area (Å²) in [5.41, 5.74) is 0. The number of nitrogens with one attached hydrogen (secondary N) is 3. The highest BCUT2D eigenvalue weighted by molar-refractivity contribution is 5.95. The molecule has 4 N–H and O–H groups in total. The molecule has 0 spiro atoms. The number of piperidine rings is 2. The number of aliphatic carboxylic acids is 1. The first kappa shape index (κ1) is 29.8. The van der Waals surface area contributed by atoms with Gasteiger partial charge in [0, 0.05) is 19.5 Å². The Morgan fingerprint density at radius 2 is 1.70 bits per heavy atom. The van der Waals surface area contributed by atoms with Crippen molar-refractivity contribution in [2.24, 2.45) is 5.92 Å². The zero-order valence-corrected chi connectivity index (χ0v) is 23.2. The van der Waals surface area contributed by atoms with Gasteiger partial charge in [0.2, 0.25) is 23.6 Å². The minimum Gasteiger partial charge on any atom is -0.480 e. The summed E-state index contributed by atoms with van der Waals surface area (Å²) < 4.78 is 5.77. The zero-order chi connectivity index (χ0) is 29.0. The lowest BCUT2D eigenvalue weighted by atomic mass is 9.95. The maximum Gasteiger partial charge on any atom is 0.329 e. The van der Waals surface area contributed by atoms with Crippen LogP contribution in [-0.4, -0.2) is 106 Å². The average Bonchev–Trinajstić information content (AvgIpc) is 3.44. The van der Waals surface area contributed by atoms with E-state index in [9.17, 15) is 33.9 Å². The van der Waals surface area contributed by atoms with Gasteiger partial charge in [-0.1, -0.05) is 20.3 Å². The van der Waals surface area contributed by atoms with Crippen LogP contribution in [0, 0.1) is 5.92 Å². The molecule has 0 radical (unpaired) electrons. The van der Waals surface area contributed by atoms with Crippen molar-refractivity contribution in [2.45, 2.75) is 108 Å². The number of amides is 4. The van der Waals surface area contributed by atoms with E-state index in [4.69, 9.17) is 4.74 Å². The molecule has 4 aliphatic rings. The van der Waals surface area contributed by atoms with Gasteiger partial charge < -0.3 is 35.6 Å². The van der Waals surface area contributed by atoms with Gasteiger partial charge in [-0.25, -0.2) is 9.59 Å². The number of nitrogens with zero attached hydrogens (tertiary/aromatic N) is 2. The van der Waals surface area contributed by atoms with Crippen molar-refractivity contribution in [3.8, 4) is 0 Å². The molecule has 4 rings (SSSR count). The predicted molar refractivity (Wildman–Crippen MR) is 141 cm³/mol. The second kappa shape index (κ2) is 13.0. The highest BCUT2D eigenvalue weighted by Crippen LogP contribution is 2.26. The molecular weight excluding hydrogens is 522 g/mol. The first-order valence-electron chi connectivity index (χ1n) is 14.5. The van der Waals surface area contributed by atoms with Crippen LogP contribution < -0.4 is 16.0 Å². The molecule has 0 aromatic rings. The maximum absolute atomic E-state index is 13.7. The number of carboxylic acids is 1. The number of hydrogen-bond donors (Lipinski definition) is 4. The summed E-state index contributed by atoms with van der Waals surface area (Å²) in [5.74, 6) is -4.14. The molecule has 0 saturated carbocycles. The van der Waals surface area contributed by atoms with Gasteiger partial charge in [0.25, 0.3) is 0 Å². The van der Waals surface area contributed by atoms with E-state index in [-0.39, 0.29) is 24.8 Å². The Morgan fingerprint density at radius 1 is 0.975 bits per heavy atom. The summed E-state index contributed by atoms with van der Waals surface area (Å²) >= 11 is 0. The van der Waals surface area contributed by atoms with E-state index in [0.717, 1.165) is 6.42 Å². The van der Waals surface area contributed by atoms with Gasteiger partial charge in [0.1, 0.15) is 30.3 Å². The van der Waals surface area contributed by atoms with Crippen molar-refractivity contribution in [2.75, 3.05) is 19.6 Å². The van der Waals surface area contributed by atoms with Crippen LogP contribution in [0.3, 0.4) is 0 Å². The molecule has 13 nitrogen and oxygen atoms in total. The molecule has 7 atom stereocenters. The molecular formula is C27H41N5O8. The van der Waals surface area contributed by atoms with E-state index in [2.05, 4.69) is 16.0 Å². The monoisotopic (exact) mass is 563 g/mol. The summed E-state index contributed by atoms with van der Waals surface area (Å²) in [4.78, 5) is 81.8. The Kier molecular flexibility index (Phi) is 9.64. The van der Waals surface area contributed by atoms with Crippen molar-refractivity contribution >= 4 is 35.6 Å². The average molecular weight is 564 g/mol. The van der Waals surface area contributed by atoms with Gasteiger partial charge in [-0.15, -0.1) is 0 Å². The third-order valence-electron chi connectivity index (χ3n) is 8.66. The van der Waals surface area contributed by atoms with E-state index >= 15 is 0 Å². The van der Waals surface area contributed by atoms with E-state index in [1.807, 2.05) is 13.8 Å². The first-order valence-corrected chi connectivity index (χ1v) is 14.5. The normalized spacial score (nSPS) is 33.5. The molecule has 40 heavy (non-hydrogen) atoms. The van der Waals surface area contributed by atoms with Crippen molar-refractivity contribution in [1.82, 2.24) is 25.8 Å². The smallest absolute Gasteiger partial charge is 0.329 e. The van der Waals surface area contributed by atoms with Gasteiger partial charge >= 0.3 is 11.9 Å². The van der Waals surface area contributed by atoms with Crippen molar-refractivity contribution in [3.63, 3.8) is 0 Å². The van der Waals surface area contributed by atoms with Crippen molar-refractivity contribution in [3.05, 3.63) is 0 Å². The minimum atomic E-state index is -1.48. The van der Waals surface area contributed by atoms with Crippen LogP contribution in [0.15, 0.2) is 0 Å². The molecule has 4 aliphatic heterocycles. The van der Waals surface area contributed by atoms with Crippen molar-refractivity contribution < 1.29 is 38.6 Å². The third kappa shape index (κ3) is 6.56.